The van der Waals surface area contributed by atoms with Crippen LogP contribution in [0.15, 0.2) is 36.4 Å². The SMILES string of the molecule is COc1ccccc1CN1C(=O)[C@H]2[C@H]3C=C[C@@](COC(C)=O)(O3)[C@H]2C1=O. The number of benzene rings is 1. The van der Waals surface area contributed by atoms with E-state index in [1.54, 1.807) is 25.3 Å². The molecule has 0 aromatic heterocycles. The van der Waals surface area contributed by atoms with E-state index in [2.05, 4.69) is 0 Å². The van der Waals surface area contributed by atoms with Crippen molar-refractivity contribution in [2.24, 2.45) is 11.8 Å². The van der Waals surface area contributed by atoms with Crippen molar-refractivity contribution >= 4 is 17.8 Å². The van der Waals surface area contributed by atoms with Gasteiger partial charge in [0.2, 0.25) is 11.8 Å². The minimum atomic E-state index is -1.05. The molecule has 2 fully saturated rings. The number of ether oxygens (including phenoxy) is 3. The number of hydrogen-bond acceptors (Lipinski definition) is 6. The number of methoxy groups -OCH3 is 1. The Morgan fingerprint density at radius 2 is 2.04 bits per heavy atom. The lowest BCUT2D eigenvalue weighted by molar-refractivity contribution is -0.155. The van der Waals surface area contributed by atoms with Crippen molar-refractivity contribution in [1.82, 2.24) is 4.90 Å². The van der Waals surface area contributed by atoms with E-state index in [0.29, 0.717) is 5.75 Å². The third-order valence-corrected chi connectivity index (χ3v) is 5.27. The van der Waals surface area contributed by atoms with Gasteiger partial charge in [0.1, 0.15) is 18.0 Å². The molecule has 0 unspecified atom stereocenters. The van der Waals surface area contributed by atoms with E-state index >= 15 is 0 Å². The average Bonchev–Trinajstić information content (AvgIpc) is 3.27. The lowest BCUT2D eigenvalue weighted by Crippen LogP contribution is -2.44. The minimum Gasteiger partial charge on any atom is -0.496 e. The van der Waals surface area contributed by atoms with Crippen LogP contribution in [0.25, 0.3) is 0 Å². The molecular weight excluding hydrogens is 338 g/mol. The molecule has 1 aromatic carbocycles. The summed E-state index contributed by atoms with van der Waals surface area (Å²) in [4.78, 5) is 38.4. The molecule has 4 rings (SSSR count). The van der Waals surface area contributed by atoms with Crippen molar-refractivity contribution in [3.8, 4) is 5.75 Å². The Kier molecular flexibility index (Phi) is 3.84. The highest BCUT2D eigenvalue weighted by atomic mass is 16.6. The van der Waals surface area contributed by atoms with Gasteiger partial charge in [-0.15, -0.1) is 0 Å². The van der Waals surface area contributed by atoms with Gasteiger partial charge in [0.25, 0.3) is 0 Å². The van der Waals surface area contributed by atoms with Gasteiger partial charge in [0, 0.05) is 12.5 Å². The molecule has 0 aliphatic carbocycles. The van der Waals surface area contributed by atoms with Crippen LogP contribution in [0.2, 0.25) is 0 Å². The van der Waals surface area contributed by atoms with Crippen molar-refractivity contribution in [3.63, 3.8) is 0 Å². The Labute approximate surface area is 150 Å². The van der Waals surface area contributed by atoms with E-state index in [9.17, 15) is 14.4 Å². The number of rotatable bonds is 5. The fourth-order valence-corrected chi connectivity index (χ4v) is 4.10. The molecule has 3 aliphatic heterocycles. The second-order valence-electron chi connectivity index (χ2n) is 6.75. The third-order valence-electron chi connectivity index (χ3n) is 5.27. The number of esters is 1. The van der Waals surface area contributed by atoms with Crippen LogP contribution in [-0.2, 0) is 30.4 Å². The van der Waals surface area contributed by atoms with Crippen LogP contribution in [0.1, 0.15) is 12.5 Å². The molecule has 7 heteroatoms. The summed E-state index contributed by atoms with van der Waals surface area (Å²) in [7, 11) is 1.55. The predicted molar refractivity (Wildman–Crippen MR) is 88.9 cm³/mol. The zero-order chi connectivity index (χ0) is 18.5. The Morgan fingerprint density at radius 1 is 1.27 bits per heavy atom. The summed E-state index contributed by atoms with van der Waals surface area (Å²) in [5.41, 5.74) is -0.296. The molecule has 2 saturated heterocycles. The van der Waals surface area contributed by atoms with E-state index in [1.807, 2.05) is 18.2 Å². The lowest BCUT2D eigenvalue weighted by Gasteiger charge is -2.28. The van der Waals surface area contributed by atoms with Crippen LogP contribution < -0.4 is 4.74 Å². The molecule has 1 aromatic rings. The van der Waals surface area contributed by atoms with E-state index in [-0.39, 0.29) is 25.0 Å². The Bertz CT molecular complexity index is 818. The smallest absolute Gasteiger partial charge is 0.302 e. The largest absolute Gasteiger partial charge is 0.496 e. The zero-order valence-electron chi connectivity index (χ0n) is 14.5. The van der Waals surface area contributed by atoms with Gasteiger partial charge in [0.15, 0.2) is 0 Å². The van der Waals surface area contributed by atoms with Crippen molar-refractivity contribution < 1.29 is 28.6 Å². The Morgan fingerprint density at radius 3 is 2.77 bits per heavy atom. The van der Waals surface area contributed by atoms with E-state index in [4.69, 9.17) is 14.2 Å². The number of imide groups is 1. The topological polar surface area (TPSA) is 82.1 Å². The monoisotopic (exact) mass is 357 g/mol. The number of amides is 2. The number of likely N-dealkylation sites (tertiary alicyclic amines) is 1. The highest BCUT2D eigenvalue weighted by Gasteiger charge is 2.68. The Balaban J connectivity index is 1.61. The maximum atomic E-state index is 13.1. The summed E-state index contributed by atoms with van der Waals surface area (Å²) in [6, 6.07) is 7.28. The summed E-state index contributed by atoms with van der Waals surface area (Å²) >= 11 is 0. The number of fused-ring (bicyclic) bond motifs is 5. The number of carbonyl (C=O) groups is 3. The first kappa shape index (κ1) is 16.8. The molecule has 2 bridgehead atoms. The Hall–Kier alpha value is -2.67. The van der Waals surface area contributed by atoms with Crippen LogP contribution in [0.4, 0.5) is 0 Å². The highest BCUT2D eigenvalue weighted by molar-refractivity contribution is 6.07. The first-order valence-corrected chi connectivity index (χ1v) is 8.44. The average molecular weight is 357 g/mol. The second-order valence-corrected chi connectivity index (χ2v) is 6.75. The van der Waals surface area contributed by atoms with Crippen LogP contribution in [0, 0.1) is 11.8 Å². The zero-order valence-corrected chi connectivity index (χ0v) is 14.5. The van der Waals surface area contributed by atoms with Crippen LogP contribution in [0.3, 0.4) is 0 Å². The van der Waals surface area contributed by atoms with Gasteiger partial charge in [-0.25, -0.2) is 0 Å². The van der Waals surface area contributed by atoms with Gasteiger partial charge >= 0.3 is 5.97 Å². The fraction of sp³-hybridized carbons (Fsp3) is 0.421. The number of hydrogen-bond donors (Lipinski definition) is 0. The van der Waals surface area contributed by atoms with Gasteiger partial charge in [-0.3, -0.25) is 19.3 Å². The summed E-state index contributed by atoms with van der Waals surface area (Å²) in [6.45, 7) is 1.37. The third kappa shape index (κ3) is 2.34. The molecular formula is C19H19NO6. The van der Waals surface area contributed by atoms with Crippen molar-refractivity contribution in [1.29, 1.82) is 0 Å². The molecule has 4 atom stereocenters. The standard InChI is InChI=1S/C19H19NO6/c1-11(21)25-10-19-8-7-14(26-19)15-16(19)18(23)20(17(15)22)9-12-5-3-4-6-13(12)24-2/h3-8,14-16H,9-10H2,1-2H3/t14-,15+,16-,19+/m1/s1. The number of nitrogens with zero attached hydrogens (tertiary/aromatic N) is 1. The van der Waals surface area contributed by atoms with Gasteiger partial charge in [-0.05, 0) is 12.1 Å². The molecule has 26 heavy (non-hydrogen) atoms. The van der Waals surface area contributed by atoms with Crippen molar-refractivity contribution in [2.45, 2.75) is 25.2 Å². The van der Waals surface area contributed by atoms with Gasteiger partial charge in [-0.2, -0.15) is 0 Å². The summed E-state index contributed by atoms with van der Waals surface area (Å²) in [6.07, 6.45) is 3.07. The van der Waals surface area contributed by atoms with Crippen LogP contribution in [0.5, 0.6) is 5.75 Å². The number of para-hydroxylation sites is 1. The highest BCUT2D eigenvalue weighted by Crippen LogP contribution is 2.52. The van der Waals surface area contributed by atoms with E-state index < -0.39 is 29.5 Å². The minimum absolute atomic E-state index is 0.0714. The molecule has 3 heterocycles. The van der Waals surface area contributed by atoms with Crippen molar-refractivity contribution in [2.75, 3.05) is 13.7 Å². The molecule has 0 saturated carbocycles. The quantitative estimate of drug-likeness (QED) is 0.445. The van der Waals surface area contributed by atoms with Crippen molar-refractivity contribution in [3.05, 3.63) is 42.0 Å². The predicted octanol–water partition coefficient (Wildman–Crippen LogP) is 1.07. The lowest BCUT2D eigenvalue weighted by atomic mass is 9.77. The first-order chi connectivity index (χ1) is 12.5. The normalized spacial score (nSPS) is 31.5. The first-order valence-electron chi connectivity index (χ1n) is 8.44. The molecule has 0 radical (unpaired) electrons. The van der Waals surface area contributed by atoms with Crippen LogP contribution in [-0.4, -0.2) is 48.1 Å². The fourth-order valence-electron chi connectivity index (χ4n) is 4.10. The van der Waals surface area contributed by atoms with Gasteiger partial charge < -0.3 is 14.2 Å². The second kappa shape index (κ2) is 5.95. The number of carbonyl (C=O) groups excluding carboxylic acids is 3. The van der Waals surface area contributed by atoms with E-state index in [0.717, 1.165) is 5.56 Å². The molecule has 2 amide bonds. The van der Waals surface area contributed by atoms with Gasteiger partial charge in [-0.1, -0.05) is 24.3 Å². The summed E-state index contributed by atoms with van der Waals surface area (Å²) in [5.74, 6) is -1.63. The van der Waals surface area contributed by atoms with E-state index in [1.165, 1.54) is 11.8 Å². The molecule has 136 valence electrons. The maximum Gasteiger partial charge on any atom is 0.302 e. The molecule has 3 aliphatic rings. The summed E-state index contributed by atoms with van der Waals surface area (Å²) in [5, 5.41) is 0. The van der Waals surface area contributed by atoms with Crippen LogP contribution >= 0.6 is 0 Å². The maximum absolute atomic E-state index is 13.1. The molecule has 0 spiro atoms. The van der Waals surface area contributed by atoms with Gasteiger partial charge in [0.05, 0.1) is 31.6 Å². The molecule has 0 N–H and O–H groups in total. The summed E-state index contributed by atoms with van der Waals surface area (Å²) < 4.78 is 16.3. The molecule has 7 nitrogen and oxygen atoms in total.